The molecule has 4 heteroatoms. The van der Waals surface area contributed by atoms with Gasteiger partial charge in [-0.05, 0) is 45.0 Å². The van der Waals surface area contributed by atoms with Gasteiger partial charge in [-0.1, -0.05) is 26.8 Å². The van der Waals surface area contributed by atoms with Gasteiger partial charge in [-0.2, -0.15) is 0 Å². The fourth-order valence-electron chi connectivity index (χ4n) is 3.93. The average molecular weight is 361 g/mol. The van der Waals surface area contributed by atoms with E-state index in [2.05, 4.69) is 64.6 Å². The van der Waals surface area contributed by atoms with Crippen LogP contribution < -0.4 is 9.80 Å². The van der Waals surface area contributed by atoms with Crippen molar-refractivity contribution >= 4 is 11.4 Å². The number of anilines is 2. The molecule has 2 aliphatic heterocycles. The minimum Gasteiger partial charge on any atom is -0.369 e. The molecule has 0 unspecified atom stereocenters. The zero-order chi connectivity index (χ0) is 18.9. The lowest BCUT2D eigenvalue weighted by atomic mass is 10.2. The molecule has 3 rings (SSSR count). The standard InChI is InChI=1S/C20H34N4.C2H6/c1-4-8-21-9-11-23(12-10-21)19-6-5-7-20(17-19)24-15-13-22(14-16-24)18(2)3;1-2/h5-7,17-18H,4,8-16H2,1-3H3;1-2H3. The maximum absolute atomic E-state index is 2.59. The molecule has 2 aliphatic rings. The summed E-state index contributed by atoms with van der Waals surface area (Å²) in [5, 5.41) is 0. The molecule has 1 aromatic carbocycles. The molecule has 2 fully saturated rings. The first-order valence-corrected chi connectivity index (χ1v) is 10.7. The Kier molecular flexibility index (Phi) is 8.73. The second-order valence-electron chi connectivity index (χ2n) is 7.47. The van der Waals surface area contributed by atoms with Gasteiger partial charge in [0.05, 0.1) is 0 Å². The third-order valence-corrected chi connectivity index (χ3v) is 5.52. The van der Waals surface area contributed by atoms with E-state index in [4.69, 9.17) is 0 Å². The van der Waals surface area contributed by atoms with E-state index in [-0.39, 0.29) is 0 Å². The predicted molar refractivity (Wildman–Crippen MR) is 116 cm³/mol. The van der Waals surface area contributed by atoms with Crippen LogP contribution in [-0.4, -0.2) is 74.7 Å². The zero-order valence-corrected chi connectivity index (χ0v) is 17.7. The fraction of sp³-hybridized carbons (Fsp3) is 0.727. The third kappa shape index (κ3) is 5.62. The summed E-state index contributed by atoms with van der Waals surface area (Å²) in [6.45, 7) is 21.5. The van der Waals surface area contributed by atoms with Gasteiger partial charge in [0, 0.05) is 69.8 Å². The first kappa shape index (κ1) is 21.0. The van der Waals surface area contributed by atoms with Crippen molar-refractivity contribution in [3.63, 3.8) is 0 Å². The normalized spacial score (nSPS) is 19.5. The van der Waals surface area contributed by atoms with Gasteiger partial charge in [0.15, 0.2) is 0 Å². The van der Waals surface area contributed by atoms with Crippen molar-refractivity contribution in [2.24, 2.45) is 0 Å². The van der Waals surface area contributed by atoms with E-state index in [0.717, 1.165) is 26.2 Å². The third-order valence-electron chi connectivity index (χ3n) is 5.52. The van der Waals surface area contributed by atoms with Crippen molar-refractivity contribution in [2.75, 3.05) is 68.7 Å². The Morgan fingerprint density at radius 2 is 1.31 bits per heavy atom. The maximum atomic E-state index is 2.59. The molecule has 4 nitrogen and oxygen atoms in total. The summed E-state index contributed by atoms with van der Waals surface area (Å²) in [5.41, 5.74) is 2.79. The van der Waals surface area contributed by atoms with Gasteiger partial charge >= 0.3 is 0 Å². The Hall–Kier alpha value is -1.26. The maximum Gasteiger partial charge on any atom is 0.0387 e. The summed E-state index contributed by atoms with van der Waals surface area (Å²) in [7, 11) is 0. The number of hydrogen-bond donors (Lipinski definition) is 0. The Labute approximate surface area is 161 Å². The monoisotopic (exact) mass is 360 g/mol. The molecule has 0 aromatic heterocycles. The molecule has 0 amide bonds. The van der Waals surface area contributed by atoms with Gasteiger partial charge in [0.25, 0.3) is 0 Å². The molecule has 148 valence electrons. The van der Waals surface area contributed by atoms with Crippen molar-refractivity contribution in [2.45, 2.75) is 47.1 Å². The first-order chi connectivity index (χ1) is 12.7. The van der Waals surface area contributed by atoms with Crippen molar-refractivity contribution < 1.29 is 0 Å². The Morgan fingerprint density at radius 3 is 1.77 bits per heavy atom. The van der Waals surface area contributed by atoms with Crippen LogP contribution in [0.5, 0.6) is 0 Å². The highest BCUT2D eigenvalue weighted by atomic mass is 15.3. The van der Waals surface area contributed by atoms with Crippen LogP contribution in [0.25, 0.3) is 0 Å². The molecule has 26 heavy (non-hydrogen) atoms. The summed E-state index contributed by atoms with van der Waals surface area (Å²) in [6.07, 6.45) is 1.26. The van der Waals surface area contributed by atoms with Crippen molar-refractivity contribution in [3.05, 3.63) is 24.3 Å². The van der Waals surface area contributed by atoms with E-state index in [1.54, 1.807) is 0 Å². The molecule has 1 aromatic rings. The van der Waals surface area contributed by atoms with Crippen LogP contribution in [0.2, 0.25) is 0 Å². The SMILES string of the molecule is CC.CCCN1CCN(c2cccc(N3CCN(C(C)C)CC3)c2)CC1. The minimum absolute atomic E-state index is 0.665. The zero-order valence-electron chi connectivity index (χ0n) is 17.7. The Bertz CT molecular complexity index is 501. The molecule has 0 atom stereocenters. The Morgan fingerprint density at radius 1 is 0.808 bits per heavy atom. The van der Waals surface area contributed by atoms with Crippen LogP contribution in [0.15, 0.2) is 24.3 Å². The van der Waals surface area contributed by atoms with Crippen molar-refractivity contribution in [1.29, 1.82) is 0 Å². The molecule has 0 radical (unpaired) electrons. The highest BCUT2D eigenvalue weighted by Gasteiger charge is 2.20. The fourth-order valence-corrected chi connectivity index (χ4v) is 3.93. The lowest BCUT2D eigenvalue weighted by molar-refractivity contribution is 0.209. The predicted octanol–water partition coefficient (Wildman–Crippen LogP) is 3.78. The van der Waals surface area contributed by atoms with E-state index in [0.29, 0.717) is 6.04 Å². The quantitative estimate of drug-likeness (QED) is 0.792. The topological polar surface area (TPSA) is 13.0 Å². The summed E-state index contributed by atoms with van der Waals surface area (Å²) in [6, 6.07) is 9.86. The van der Waals surface area contributed by atoms with Crippen LogP contribution in [-0.2, 0) is 0 Å². The van der Waals surface area contributed by atoms with E-state index >= 15 is 0 Å². The number of nitrogens with zero attached hydrogens (tertiary/aromatic N) is 4. The van der Waals surface area contributed by atoms with Gasteiger partial charge < -0.3 is 9.80 Å². The Balaban J connectivity index is 0.00000117. The highest BCUT2D eigenvalue weighted by Crippen LogP contribution is 2.25. The smallest absolute Gasteiger partial charge is 0.0387 e. The number of benzene rings is 1. The molecule has 0 N–H and O–H groups in total. The molecular weight excluding hydrogens is 320 g/mol. The molecule has 2 saturated heterocycles. The lowest BCUT2D eigenvalue weighted by Crippen LogP contribution is -2.49. The first-order valence-electron chi connectivity index (χ1n) is 10.7. The minimum atomic E-state index is 0.665. The van der Waals surface area contributed by atoms with Crippen LogP contribution in [0.4, 0.5) is 11.4 Å². The van der Waals surface area contributed by atoms with Crippen molar-refractivity contribution in [3.8, 4) is 0 Å². The molecule has 2 heterocycles. The summed E-state index contributed by atoms with van der Waals surface area (Å²) in [5.74, 6) is 0. The number of hydrogen-bond acceptors (Lipinski definition) is 4. The number of piperazine rings is 2. The largest absolute Gasteiger partial charge is 0.369 e. The van der Waals surface area contributed by atoms with Gasteiger partial charge in [0.2, 0.25) is 0 Å². The van der Waals surface area contributed by atoms with Crippen LogP contribution >= 0.6 is 0 Å². The number of rotatable bonds is 5. The molecule has 0 spiro atoms. The van der Waals surface area contributed by atoms with E-state index in [1.807, 2.05) is 13.8 Å². The second-order valence-corrected chi connectivity index (χ2v) is 7.47. The van der Waals surface area contributed by atoms with E-state index in [1.165, 1.54) is 50.5 Å². The molecule has 0 bridgehead atoms. The molecular formula is C22H40N4. The van der Waals surface area contributed by atoms with Crippen molar-refractivity contribution in [1.82, 2.24) is 9.80 Å². The summed E-state index contributed by atoms with van der Waals surface area (Å²) < 4.78 is 0. The average Bonchev–Trinajstić information content (AvgIpc) is 2.70. The van der Waals surface area contributed by atoms with E-state index in [9.17, 15) is 0 Å². The van der Waals surface area contributed by atoms with E-state index < -0.39 is 0 Å². The van der Waals surface area contributed by atoms with Crippen LogP contribution in [0.3, 0.4) is 0 Å². The van der Waals surface area contributed by atoms with Gasteiger partial charge in [-0.25, -0.2) is 0 Å². The molecule has 0 saturated carbocycles. The van der Waals surface area contributed by atoms with Crippen LogP contribution in [0.1, 0.15) is 41.0 Å². The highest BCUT2D eigenvalue weighted by molar-refractivity contribution is 5.60. The van der Waals surface area contributed by atoms with Gasteiger partial charge in [0.1, 0.15) is 0 Å². The van der Waals surface area contributed by atoms with Crippen LogP contribution in [0, 0.1) is 0 Å². The van der Waals surface area contributed by atoms with Gasteiger partial charge in [-0.15, -0.1) is 0 Å². The molecule has 0 aliphatic carbocycles. The van der Waals surface area contributed by atoms with Gasteiger partial charge in [-0.3, -0.25) is 9.80 Å². The lowest BCUT2D eigenvalue weighted by Gasteiger charge is -2.39. The summed E-state index contributed by atoms with van der Waals surface area (Å²) in [4.78, 5) is 10.3. The second kappa shape index (κ2) is 10.8. The summed E-state index contributed by atoms with van der Waals surface area (Å²) >= 11 is 0.